The fourth-order valence-corrected chi connectivity index (χ4v) is 4.46. The Kier molecular flexibility index (Phi) is 7.99. The molecular formula is C27H22Cl3N3O3. The highest BCUT2D eigenvalue weighted by molar-refractivity contribution is 6.53. The fraction of sp³-hybridized carbons (Fsp3) is 0.148. The summed E-state index contributed by atoms with van der Waals surface area (Å²) in [5.74, 6) is -1.69. The molecule has 0 bridgehead atoms. The molecule has 1 aliphatic heterocycles. The Morgan fingerprint density at radius 1 is 0.861 bits per heavy atom. The Bertz CT molecular complexity index is 1350. The molecule has 6 nitrogen and oxygen atoms in total. The van der Waals surface area contributed by atoms with E-state index in [2.05, 4.69) is 17.6 Å². The smallest absolute Gasteiger partial charge is 0.283 e. The predicted octanol–water partition coefficient (Wildman–Crippen LogP) is 7.02. The topological polar surface area (TPSA) is 78.5 Å². The van der Waals surface area contributed by atoms with Crippen LogP contribution in [0.3, 0.4) is 0 Å². The highest BCUT2D eigenvalue weighted by Crippen LogP contribution is 2.33. The number of amides is 3. The number of carbonyl (C=O) groups excluding carboxylic acids is 3. The summed E-state index contributed by atoms with van der Waals surface area (Å²) in [7, 11) is 0. The molecule has 0 fully saturated rings. The van der Waals surface area contributed by atoms with Crippen molar-refractivity contribution in [3.05, 3.63) is 98.6 Å². The summed E-state index contributed by atoms with van der Waals surface area (Å²) >= 11 is 18.3. The zero-order chi connectivity index (χ0) is 25.8. The molecule has 0 aliphatic carbocycles. The molecule has 36 heavy (non-hydrogen) atoms. The maximum Gasteiger partial charge on any atom is 0.283 e. The minimum absolute atomic E-state index is 0.113. The summed E-state index contributed by atoms with van der Waals surface area (Å²) in [6, 6.07) is 18.6. The van der Waals surface area contributed by atoms with Crippen molar-refractivity contribution in [3.63, 3.8) is 0 Å². The van der Waals surface area contributed by atoms with Crippen LogP contribution in [-0.2, 0) is 16.0 Å². The molecule has 1 aliphatic rings. The first kappa shape index (κ1) is 25.8. The molecule has 0 unspecified atom stereocenters. The lowest BCUT2D eigenvalue weighted by Crippen LogP contribution is -2.32. The van der Waals surface area contributed by atoms with E-state index in [1.54, 1.807) is 24.3 Å². The van der Waals surface area contributed by atoms with Crippen molar-refractivity contribution in [1.29, 1.82) is 0 Å². The Balaban J connectivity index is 1.48. The van der Waals surface area contributed by atoms with Crippen molar-refractivity contribution in [2.24, 2.45) is 0 Å². The Labute approximate surface area is 223 Å². The highest BCUT2D eigenvalue weighted by Gasteiger charge is 2.39. The number of aryl methyl sites for hydroxylation is 1. The van der Waals surface area contributed by atoms with E-state index in [9.17, 15) is 14.4 Å². The lowest BCUT2D eigenvalue weighted by atomic mass is 10.1. The predicted molar refractivity (Wildman–Crippen MR) is 145 cm³/mol. The van der Waals surface area contributed by atoms with Crippen LogP contribution in [0.5, 0.6) is 0 Å². The Morgan fingerprint density at radius 2 is 1.56 bits per heavy atom. The van der Waals surface area contributed by atoms with Gasteiger partial charge in [-0.15, -0.1) is 0 Å². The lowest BCUT2D eigenvalue weighted by Gasteiger charge is -2.16. The van der Waals surface area contributed by atoms with Crippen LogP contribution in [0.25, 0.3) is 0 Å². The van der Waals surface area contributed by atoms with E-state index in [4.69, 9.17) is 34.8 Å². The summed E-state index contributed by atoms with van der Waals surface area (Å²) in [4.78, 5) is 39.5. The number of hydrogen-bond donors (Lipinski definition) is 2. The first-order valence-corrected chi connectivity index (χ1v) is 12.4. The molecule has 0 atom stereocenters. The van der Waals surface area contributed by atoms with E-state index < -0.39 is 11.8 Å². The largest absolute Gasteiger partial charge is 0.350 e. The molecule has 0 aromatic heterocycles. The van der Waals surface area contributed by atoms with Crippen LogP contribution >= 0.6 is 34.8 Å². The summed E-state index contributed by atoms with van der Waals surface area (Å²) in [5, 5.41) is 6.00. The van der Waals surface area contributed by atoms with Crippen LogP contribution in [0, 0.1) is 0 Å². The molecule has 2 N–H and O–H groups in total. The second kappa shape index (κ2) is 11.2. The molecular weight excluding hydrogens is 521 g/mol. The average molecular weight is 543 g/mol. The maximum atomic E-state index is 13.0. The van der Waals surface area contributed by atoms with Crippen LogP contribution in [-0.4, -0.2) is 17.7 Å². The van der Waals surface area contributed by atoms with Gasteiger partial charge >= 0.3 is 0 Å². The second-order valence-electron chi connectivity index (χ2n) is 8.22. The highest BCUT2D eigenvalue weighted by atomic mass is 35.5. The van der Waals surface area contributed by atoms with E-state index in [1.807, 2.05) is 24.3 Å². The van der Waals surface area contributed by atoms with Crippen LogP contribution in [0.2, 0.25) is 10.0 Å². The van der Waals surface area contributed by atoms with E-state index in [0.717, 1.165) is 24.2 Å². The first-order valence-electron chi connectivity index (χ1n) is 11.3. The van der Waals surface area contributed by atoms with Crippen LogP contribution in [0.15, 0.2) is 77.5 Å². The number of rotatable bonds is 8. The van der Waals surface area contributed by atoms with Gasteiger partial charge in [0.05, 0.1) is 5.69 Å². The molecule has 3 aromatic carbocycles. The number of anilines is 3. The minimum Gasteiger partial charge on any atom is -0.350 e. The first-order chi connectivity index (χ1) is 17.3. The maximum absolute atomic E-state index is 13.0. The van der Waals surface area contributed by atoms with Gasteiger partial charge in [-0.05, 0) is 66.9 Å². The number of halogens is 3. The van der Waals surface area contributed by atoms with E-state index >= 15 is 0 Å². The molecule has 0 saturated heterocycles. The van der Waals surface area contributed by atoms with Gasteiger partial charge in [0.15, 0.2) is 0 Å². The molecule has 9 heteroatoms. The van der Waals surface area contributed by atoms with Crippen molar-refractivity contribution >= 4 is 69.6 Å². The quantitative estimate of drug-likeness (QED) is 0.300. The standard InChI is InChI=1S/C27H22Cl3N3O3/c1-2-3-5-16-8-10-20(11-9-16)32-25(34)17-6-4-7-21(12-17)31-24-23(30)26(35)33(27(24)36)22-14-18(28)13-19(29)15-22/h4,6-15,31H,2-3,5H2,1H3,(H,32,34). The Morgan fingerprint density at radius 3 is 2.22 bits per heavy atom. The number of hydrogen-bond acceptors (Lipinski definition) is 4. The molecule has 1 heterocycles. The lowest BCUT2D eigenvalue weighted by molar-refractivity contribution is -0.120. The zero-order valence-corrected chi connectivity index (χ0v) is 21.5. The zero-order valence-electron chi connectivity index (χ0n) is 19.3. The van der Waals surface area contributed by atoms with Gasteiger partial charge in [0.25, 0.3) is 17.7 Å². The van der Waals surface area contributed by atoms with Crippen molar-refractivity contribution in [1.82, 2.24) is 0 Å². The SMILES string of the molecule is CCCCc1ccc(NC(=O)c2cccc(NC3=C(Cl)C(=O)N(c4cc(Cl)cc(Cl)c4)C3=O)c2)cc1. The monoisotopic (exact) mass is 541 g/mol. The normalized spacial score (nSPS) is 13.4. The van der Waals surface area contributed by atoms with Gasteiger partial charge in [-0.3, -0.25) is 14.4 Å². The molecule has 184 valence electrons. The van der Waals surface area contributed by atoms with Crippen molar-refractivity contribution in [2.45, 2.75) is 26.2 Å². The number of carbonyl (C=O) groups is 3. The van der Waals surface area contributed by atoms with Crippen molar-refractivity contribution in [2.75, 3.05) is 15.5 Å². The van der Waals surface area contributed by atoms with Gasteiger partial charge in [-0.2, -0.15) is 0 Å². The molecule has 0 spiro atoms. The third-order valence-corrected chi connectivity index (χ3v) is 6.34. The number of unbranched alkanes of at least 4 members (excludes halogenated alkanes) is 1. The molecule has 0 saturated carbocycles. The van der Waals surface area contributed by atoms with E-state index in [-0.39, 0.29) is 32.4 Å². The number of imide groups is 1. The van der Waals surface area contributed by atoms with Gasteiger partial charge in [-0.1, -0.05) is 66.3 Å². The number of benzene rings is 3. The second-order valence-corrected chi connectivity index (χ2v) is 9.47. The molecule has 3 aromatic rings. The van der Waals surface area contributed by atoms with Gasteiger partial charge in [0, 0.05) is 27.0 Å². The third-order valence-electron chi connectivity index (χ3n) is 5.56. The number of nitrogens with one attached hydrogen (secondary N) is 2. The van der Waals surface area contributed by atoms with Gasteiger partial charge in [-0.25, -0.2) is 4.90 Å². The summed E-state index contributed by atoms with van der Waals surface area (Å²) in [5.41, 5.74) is 2.76. The summed E-state index contributed by atoms with van der Waals surface area (Å²) < 4.78 is 0. The molecule has 0 radical (unpaired) electrons. The summed E-state index contributed by atoms with van der Waals surface area (Å²) in [6.07, 6.45) is 3.24. The van der Waals surface area contributed by atoms with Gasteiger partial charge in [0.2, 0.25) is 0 Å². The van der Waals surface area contributed by atoms with Crippen molar-refractivity contribution < 1.29 is 14.4 Å². The van der Waals surface area contributed by atoms with Crippen LogP contribution < -0.4 is 15.5 Å². The van der Waals surface area contributed by atoms with Crippen molar-refractivity contribution in [3.8, 4) is 0 Å². The van der Waals surface area contributed by atoms with Gasteiger partial charge < -0.3 is 10.6 Å². The van der Waals surface area contributed by atoms with E-state index in [0.29, 0.717) is 16.9 Å². The fourth-order valence-electron chi connectivity index (χ4n) is 3.74. The third kappa shape index (κ3) is 5.73. The van der Waals surface area contributed by atoms with Gasteiger partial charge in [0.1, 0.15) is 10.7 Å². The average Bonchev–Trinajstić information content (AvgIpc) is 3.06. The van der Waals surface area contributed by atoms with E-state index in [1.165, 1.54) is 23.8 Å². The van der Waals surface area contributed by atoms with Crippen LogP contribution in [0.4, 0.5) is 17.1 Å². The molecule has 4 rings (SSSR count). The summed E-state index contributed by atoms with van der Waals surface area (Å²) in [6.45, 7) is 2.15. The Hall–Kier alpha value is -3.32. The molecule has 3 amide bonds. The number of nitrogens with zero attached hydrogens (tertiary/aromatic N) is 1. The minimum atomic E-state index is -0.709. The van der Waals surface area contributed by atoms with Crippen LogP contribution in [0.1, 0.15) is 35.7 Å².